The van der Waals surface area contributed by atoms with Crippen LogP contribution >= 0.6 is 0 Å². The zero-order valence-electron chi connectivity index (χ0n) is 7.62. The number of nitrogens with two attached hydrogens (primary N) is 1. The minimum absolute atomic E-state index is 0.216. The second kappa shape index (κ2) is 2.84. The molecule has 0 fully saturated rings. The number of nitrogen functional groups attached to an aromatic ring is 1. The summed E-state index contributed by atoms with van der Waals surface area (Å²) < 4.78 is 11.9. The largest absolute Gasteiger partial charge is 0.454 e. The molecule has 0 saturated carbocycles. The molecule has 1 aliphatic rings. The van der Waals surface area contributed by atoms with Gasteiger partial charge in [0.05, 0.1) is 11.4 Å². The fourth-order valence-corrected chi connectivity index (χ4v) is 1.42. The van der Waals surface area contributed by atoms with Crippen molar-refractivity contribution in [2.45, 2.75) is 0 Å². The summed E-state index contributed by atoms with van der Waals surface area (Å²) in [5, 5.41) is 10.8. The minimum Gasteiger partial charge on any atom is -0.454 e. The Morgan fingerprint density at radius 2 is 2.07 bits per heavy atom. The van der Waals surface area contributed by atoms with Gasteiger partial charge in [-0.05, 0) is 10.4 Å². The van der Waals surface area contributed by atoms with Crippen molar-refractivity contribution in [2.75, 3.05) is 12.5 Å². The molecule has 0 radical (unpaired) electrons. The molecule has 7 nitrogen and oxygen atoms in total. The molecular weight excluding hydrogens is 198 g/mol. The van der Waals surface area contributed by atoms with E-state index in [9.17, 15) is 0 Å². The lowest BCUT2D eigenvalue weighted by Gasteiger charge is -2.05. The van der Waals surface area contributed by atoms with E-state index in [2.05, 4.69) is 15.5 Å². The molecule has 7 heteroatoms. The van der Waals surface area contributed by atoms with Gasteiger partial charge in [-0.15, -0.1) is 5.10 Å². The van der Waals surface area contributed by atoms with Gasteiger partial charge in [-0.1, -0.05) is 0 Å². The van der Waals surface area contributed by atoms with Crippen LogP contribution < -0.4 is 15.2 Å². The fourth-order valence-electron chi connectivity index (χ4n) is 1.42. The Morgan fingerprint density at radius 3 is 2.80 bits per heavy atom. The van der Waals surface area contributed by atoms with Gasteiger partial charge in [0.15, 0.2) is 11.5 Å². The third-order valence-electron chi connectivity index (χ3n) is 2.12. The first-order chi connectivity index (χ1) is 7.34. The van der Waals surface area contributed by atoms with Crippen LogP contribution in [-0.2, 0) is 0 Å². The van der Waals surface area contributed by atoms with E-state index in [4.69, 9.17) is 15.2 Å². The summed E-state index contributed by atoms with van der Waals surface area (Å²) >= 11 is 0. The minimum atomic E-state index is 0.216. The molecule has 0 unspecified atom stereocenters. The molecule has 0 aliphatic carbocycles. The van der Waals surface area contributed by atoms with Crippen molar-refractivity contribution in [3.8, 4) is 17.2 Å². The Balaban J connectivity index is 2.17. The van der Waals surface area contributed by atoms with Crippen LogP contribution in [0.4, 0.5) is 5.69 Å². The van der Waals surface area contributed by atoms with E-state index < -0.39 is 0 Å². The van der Waals surface area contributed by atoms with E-state index in [-0.39, 0.29) is 6.79 Å². The van der Waals surface area contributed by atoms with Crippen molar-refractivity contribution in [1.29, 1.82) is 0 Å². The standard InChI is InChI=1S/C8H7N5O2/c9-5-1-7-8(15-4-14-7)2-6(5)13-3-10-11-12-13/h1-3H,4,9H2. The molecule has 0 spiro atoms. The predicted molar refractivity (Wildman–Crippen MR) is 49.7 cm³/mol. The second-order valence-electron chi connectivity index (χ2n) is 3.02. The van der Waals surface area contributed by atoms with Crippen molar-refractivity contribution in [3.05, 3.63) is 18.5 Å². The first kappa shape index (κ1) is 8.04. The van der Waals surface area contributed by atoms with Crippen LogP contribution in [0.5, 0.6) is 11.5 Å². The lowest BCUT2D eigenvalue weighted by molar-refractivity contribution is 0.174. The smallest absolute Gasteiger partial charge is 0.231 e. The quantitative estimate of drug-likeness (QED) is 0.658. The first-order valence-corrected chi connectivity index (χ1v) is 4.27. The number of fused-ring (bicyclic) bond motifs is 1. The highest BCUT2D eigenvalue weighted by Crippen LogP contribution is 2.36. The molecule has 0 amide bonds. The molecule has 0 saturated heterocycles. The number of benzene rings is 1. The van der Waals surface area contributed by atoms with E-state index in [1.807, 2.05) is 0 Å². The normalized spacial score (nSPS) is 13.1. The number of nitrogens with zero attached hydrogens (tertiary/aromatic N) is 4. The predicted octanol–water partition coefficient (Wildman–Crippen LogP) is -0.0268. The molecule has 0 bridgehead atoms. The number of anilines is 1. The van der Waals surface area contributed by atoms with E-state index in [1.165, 1.54) is 11.0 Å². The molecule has 1 aromatic carbocycles. The van der Waals surface area contributed by atoms with Crippen molar-refractivity contribution in [3.63, 3.8) is 0 Å². The SMILES string of the molecule is Nc1cc2c(cc1-n1cnnn1)OCO2. The van der Waals surface area contributed by atoms with Crippen LogP contribution in [0, 0.1) is 0 Å². The summed E-state index contributed by atoms with van der Waals surface area (Å²) in [4.78, 5) is 0. The molecular formula is C8H7N5O2. The third kappa shape index (κ3) is 1.17. The average molecular weight is 205 g/mol. The van der Waals surface area contributed by atoms with Crippen LogP contribution in [0.15, 0.2) is 18.5 Å². The summed E-state index contributed by atoms with van der Waals surface area (Å²) in [5.74, 6) is 1.29. The highest BCUT2D eigenvalue weighted by Gasteiger charge is 2.17. The van der Waals surface area contributed by atoms with Gasteiger partial charge in [-0.2, -0.15) is 4.68 Å². The van der Waals surface area contributed by atoms with Crippen LogP contribution in [0.3, 0.4) is 0 Å². The maximum atomic E-state index is 5.83. The highest BCUT2D eigenvalue weighted by atomic mass is 16.7. The fraction of sp³-hybridized carbons (Fsp3) is 0.125. The van der Waals surface area contributed by atoms with E-state index >= 15 is 0 Å². The Kier molecular flexibility index (Phi) is 1.52. The summed E-state index contributed by atoms with van der Waals surface area (Å²) in [6.45, 7) is 0.216. The summed E-state index contributed by atoms with van der Waals surface area (Å²) in [7, 11) is 0. The maximum Gasteiger partial charge on any atom is 0.231 e. The van der Waals surface area contributed by atoms with Crippen molar-refractivity contribution in [2.24, 2.45) is 0 Å². The molecule has 76 valence electrons. The van der Waals surface area contributed by atoms with Crippen LogP contribution in [0.1, 0.15) is 0 Å². The third-order valence-corrected chi connectivity index (χ3v) is 2.12. The lowest BCUT2D eigenvalue weighted by Crippen LogP contribution is -2.00. The molecule has 2 heterocycles. The van der Waals surface area contributed by atoms with Gasteiger partial charge in [0.2, 0.25) is 6.79 Å². The van der Waals surface area contributed by atoms with Gasteiger partial charge >= 0.3 is 0 Å². The maximum absolute atomic E-state index is 5.83. The molecule has 0 atom stereocenters. The monoisotopic (exact) mass is 205 g/mol. The zero-order chi connectivity index (χ0) is 10.3. The summed E-state index contributed by atoms with van der Waals surface area (Å²) in [6, 6.07) is 3.44. The topological polar surface area (TPSA) is 88.1 Å². The first-order valence-electron chi connectivity index (χ1n) is 4.27. The van der Waals surface area contributed by atoms with Crippen LogP contribution in [-0.4, -0.2) is 27.0 Å². The van der Waals surface area contributed by atoms with E-state index in [1.54, 1.807) is 12.1 Å². The molecule has 3 rings (SSSR count). The van der Waals surface area contributed by atoms with Gasteiger partial charge in [0, 0.05) is 12.1 Å². The number of hydrogen-bond donors (Lipinski definition) is 1. The number of ether oxygens (including phenoxy) is 2. The Labute approximate surface area is 84.4 Å². The highest BCUT2D eigenvalue weighted by molar-refractivity contribution is 5.65. The summed E-state index contributed by atoms with van der Waals surface area (Å²) in [5.41, 5.74) is 7.04. The van der Waals surface area contributed by atoms with Crippen LogP contribution in [0.25, 0.3) is 5.69 Å². The van der Waals surface area contributed by atoms with Gasteiger partial charge in [0.25, 0.3) is 0 Å². The van der Waals surface area contributed by atoms with Crippen LogP contribution in [0.2, 0.25) is 0 Å². The number of rotatable bonds is 1. The van der Waals surface area contributed by atoms with Crippen molar-refractivity contribution < 1.29 is 9.47 Å². The Bertz CT molecular complexity index is 496. The summed E-state index contributed by atoms with van der Waals surface area (Å²) in [6.07, 6.45) is 1.47. The number of hydrogen-bond acceptors (Lipinski definition) is 6. The van der Waals surface area contributed by atoms with Crippen molar-refractivity contribution in [1.82, 2.24) is 20.2 Å². The molecule has 2 N–H and O–H groups in total. The van der Waals surface area contributed by atoms with Gasteiger partial charge < -0.3 is 15.2 Å². The lowest BCUT2D eigenvalue weighted by atomic mass is 10.2. The Morgan fingerprint density at radius 1 is 1.27 bits per heavy atom. The Hall–Kier alpha value is -2.31. The zero-order valence-corrected chi connectivity index (χ0v) is 7.62. The van der Waals surface area contributed by atoms with Gasteiger partial charge in [-0.3, -0.25) is 0 Å². The van der Waals surface area contributed by atoms with Gasteiger partial charge in [0.1, 0.15) is 6.33 Å². The average Bonchev–Trinajstić information content (AvgIpc) is 2.85. The molecule has 1 aromatic heterocycles. The molecule has 2 aromatic rings. The molecule has 1 aliphatic heterocycles. The van der Waals surface area contributed by atoms with E-state index in [0.29, 0.717) is 22.9 Å². The van der Waals surface area contributed by atoms with Gasteiger partial charge in [-0.25, -0.2) is 0 Å². The van der Waals surface area contributed by atoms with Crippen molar-refractivity contribution >= 4 is 5.69 Å². The number of aromatic nitrogens is 4. The second-order valence-corrected chi connectivity index (χ2v) is 3.02. The van der Waals surface area contributed by atoms with E-state index in [0.717, 1.165) is 0 Å². The molecule has 15 heavy (non-hydrogen) atoms. The number of tetrazole rings is 1.